The number of hydrogen-bond acceptors (Lipinski definition) is 0. The van der Waals surface area contributed by atoms with Crippen LogP contribution in [0, 0.1) is 6.92 Å². The van der Waals surface area contributed by atoms with E-state index in [4.69, 9.17) is 0 Å². The van der Waals surface area contributed by atoms with Gasteiger partial charge in [0.05, 0.1) is 0 Å². The zero-order chi connectivity index (χ0) is 12.2. The summed E-state index contributed by atoms with van der Waals surface area (Å²) in [4.78, 5) is 0. The van der Waals surface area contributed by atoms with Gasteiger partial charge in [0, 0.05) is 0 Å². The van der Waals surface area contributed by atoms with Crippen LogP contribution in [0.3, 0.4) is 0 Å². The van der Waals surface area contributed by atoms with Crippen molar-refractivity contribution in [3.05, 3.63) is 96.6 Å². The SMILES string of the molecule is Cc1ccccc1.[Cl-].[Cl-].[Zr+4].c1cc[cH-]c1.c1cc[cH-]c1. The maximum atomic E-state index is 2.08. The van der Waals surface area contributed by atoms with Crippen LogP contribution in [0.15, 0.2) is 91.0 Å². The summed E-state index contributed by atoms with van der Waals surface area (Å²) in [5, 5.41) is 0. The van der Waals surface area contributed by atoms with Gasteiger partial charge in [-0.05, 0) is 6.92 Å². The molecule has 0 fully saturated rings. The van der Waals surface area contributed by atoms with E-state index in [0.29, 0.717) is 0 Å². The maximum absolute atomic E-state index is 2.08. The van der Waals surface area contributed by atoms with Gasteiger partial charge in [0.25, 0.3) is 0 Å². The number of aryl methyl sites for hydroxylation is 1. The van der Waals surface area contributed by atoms with E-state index in [0.717, 1.165) is 0 Å². The van der Waals surface area contributed by atoms with Crippen molar-refractivity contribution in [2.75, 3.05) is 0 Å². The van der Waals surface area contributed by atoms with Crippen LogP contribution in [0.2, 0.25) is 0 Å². The quantitative estimate of drug-likeness (QED) is 0.428. The van der Waals surface area contributed by atoms with Crippen LogP contribution in [0.4, 0.5) is 0 Å². The van der Waals surface area contributed by atoms with Gasteiger partial charge in [0.1, 0.15) is 0 Å². The van der Waals surface area contributed by atoms with Crippen molar-refractivity contribution >= 4 is 0 Å². The third-order valence-electron chi connectivity index (χ3n) is 2.05. The van der Waals surface area contributed by atoms with Crippen LogP contribution in [0.5, 0.6) is 0 Å². The van der Waals surface area contributed by atoms with Gasteiger partial charge < -0.3 is 24.8 Å². The molecule has 0 atom stereocenters. The van der Waals surface area contributed by atoms with Crippen molar-refractivity contribution in [1.82, 2.24) is 0 Å². The summed E-state index contributed by atoms with van der Waals surface area (Å²) in [5.74, 6) is 0. The third-order valence-corrected chi connectivity index (χ3v) is 2.05. The van der Waals surface area contributed by atoms with Gasteiger partial charge >= 0.3 is 26.2 Å². The van der Waals surface area contributed by atoms with E-state index >= 15 is 0 Å². The first-order chi connectivity index (χ1) is 8.39. The molecule has 3 aromatic rings. The Morgan fingerprint density at radius 1 is 0.600 bits per heavy atom. The number of halogens is 2. The molecule has 104 valence electrons. The Morgan fingerprint density at radius 3 is 1.10 bits per heavy atom. The Labute approximate surface area is 153 Å². The van der Waals surface area contributed by atoms with E-state index in [9.17, 15) is 0 Å². The van der Waals surface area contributed by atoms with Crippen molar-refractivity contribution in [3.8, 4) is 0 Å². The molecule has 0 aliphatic rings. The Kier molecular flexibility index (Phi) is 22.4. The minimum atomic E-state index is 0. The maximum Gasteiger partial charge on any atom is 4.00 e. The molecule has 0 heterocycles. The molecule has 0 spiro atoms. The van der Waals surface area contributed by atoms with Crippen molar-refractivity contribution < 1.29 is 51.0 Å². The van der Waals surface area contributed by atoms with E-state index < -0.39 is 0 Å². The molecule has 0 unspecified atom stereocenters. The van der Waals surface area contributed by atoms with Gasteiger partial charge in [-0.15, -0.1) is 0 Å². The van der Waals surface area contributed by atoms with Crippen LogP contribution in [0.25, 0.3) is 0 Å². The predicted molar refractivity (Wildman–Crippen MR) is 75.2 cm³/mol. The second-order valence-electron chi connectivity index (χ2n) is 3.58. The molecule has 0 amide bonds. The zero-order valence-electron chi connectivity index (χ0n) is 11.4. The Hall–Kier alpha value is -0.617. The van der Waals surface area contributed by atoms with E-state index in [1.165, 1.54) is 5.56 Å². The van der Waals surface area contributed by atoms with Crippen LogP contribution in [-0.4, -0.2) is 0 Å². The molecular weight excluding hydrogens is 366 g/mol. The molecular formula is C17H18Cl2Zr. The third kappa shape index (κ3) is 15.4. The van der Waals surface area contributed by atoms with E-state index in [1.807, 2.05) is 78.9 Å². The second kappa shape index (κ2) is 18.4. The molecule has 0 bridgehead atoms. The van der Waals surface area contributed by atoms with Crippen LogP contribution >= 0.6 is 0 Å². The molecule has 0 N–H and O–H groups in total. The van der Waals surface area contributed by atoms with Gasteiger partial charge in [-0.1, -0.05) is 35.9 Å². The van der Waals surface area contributed by atoms with Crippen LogP contribution in [-0.2, 0) is 26.2 Å². The summed E-state index contributed by atoms with van der Waals surface area (Å²) in [6.45, 7) is 2.08. The van der Waals surface area contributed by atoms with E-state index in [2.05, 4.69) is 19.1 Å². The summed E-state index contributed by atoms with van der Waals surface area (Å²) >= 11 is 0. The molecule has 0 radical (unpaired) electrons. The number of rotatable bonds is 0. The molecule has 0 aromatic heterocycles. The first kappa shape index (κ1) is 24.4. The summed E-state index contributed by atoms with van der Waals surface area (Å²) in [6.07, 6.45) is 0. The summed E-state index contributed by atoms with van der Waals surface area (Å²) < 4.78 is 0. The molecule has 3 aromatic carbocycles. The fraction of sp³-hybridized carbons (Fsp3) is 0.0588. The van der Waals surface area contributed by atoms with Crippen molar-refractivity contribution in [1.29, 1.82) is 0 Å². The van der Waals surface area contributed by atoms with Crippen molar-refractivity contribution in [2.24, 2.45) is 0 Å². The largest absolute Gasteiger partial charge is 4.00 e. The first-order valence-corrected chi connectivity index (χ1v) is 5.74. The van der Waals surface area contributed by atoms with Crippen LogP contribution in [0.1, 0.15) is 5.56 Å². The van der Waals surface area contributed by atoms with Gasteiger partial charge in [-0.25, -0.2) is 24.3 Å². The summed E-state index contributed by atoms with van der Waals surface area (Å²) in [5.41, 5.74) is 1.32. The molecule has 0 aliphatic carbocycles. The predicted octanol–water partition coefficient (Wildman–Crippen LogP) is -1.19. The second-order valence-corrected chi connectivity index (χ2v) is 3.58. The Morgan fingerprint density at radius 2 is 0.950 bits per heavy atom. The summed E-state index contributed by atoms with van der Waals surface area (Å²) in [7, 11) is 0. The normalized spacial score (nSPS) is 7.05. The zero-order valence-corrected chi connectivity index (χ0v) is 15.4. The van der Waals surface area contributed by atoms with Crippen molar-refractivity contribution in [3.63, 3.8) is 0 Å². The van der Waals surface area contributed by atoms with Crippen molar-refractivity contribution in [2.45, 2.75) is 6.92 Å². The van der Waals surface area contributed by atoms with Crippen LogP contribution < -0.4 is 24.8 Å². The molecule has 0 saturated carbocycles. The summed E-state index contributed by atoms with van der Waals surface area (Å²) in [6, 6.07) is 30.3. The molecule has 3 rings (SSSR count). The standard InChI is InChI=1S/C7H8.2C5H5.2ClH.Zr/c1-7-5-3-2-4-6-7;2*1-2-4-5-3-1;;;/h2-6H,1H3;2*1-5H;2*1H;/q;2*-1;;;+4/p-2. The molecule has 0 saturated heterocycles. The Bertz CT molecular complexity index is 372. The van der Waals surface area contributed by atoms with Gasteiger partial charge in [0.2, 0.25) is 0 Å². The minimum Gasteiger partial charge on any atom is -1.00 e. The average molecular weight is 384 g/mol. The van der Waals surface area contributed by atoms with Gasteiger partial charge in [0.15, 0.2) is 0 Å². The molecule has 0 aliphatic heterocycles. The topological polar surface area (TPSA) is 0 Å². The van der Waals surface area contributed by atoms with E-state index in [1.54, 1.807) is 0 Å². The molecule has 3 heteroatoms. The monoisotopic (exact) mass is 382 g/mol. The fourth-order valence-electron chi connectivity index (χ4n) is 1.18. The fourth-order valence-corrected chi connectivity index (χ4v) is 1.18. The first-order valence-electron chi connectivity index (χ1n) is 5.74. The van der Waals surface area contributed by atoms with E-state index in [-0.39, 0.29) is 51.0 Å². The molecule has 20 heavy (non-hydrogen) atoms. The Balaban J connectivity index is -0.000000205. The minimum absolute atomic E-state index is 0. The molecule has 0 nitrogen and oxygen atoms in total. The van der Waals surface area contributed by atoms with Gasteiger partial charge in [-0.3, -0.25) is 0 Å². The number of hydrogen-bond donors (Lipinski definition) is 0. The average Bonchev–Trinajstić information content (AvgIpc) is 3.09. The van der Waals surface area contributed by atoms with Gasteiger partial charge in [-0.2, -0.15) is 36.4 Å². The number of benzene rings is 1. The smallest absolute Gasteiger partial charge is 1.00 e.